The lowest BCUT2D eigenvalue weighted by atomic mass is 9.84. The third-order valence-electron chi connectivity index (χ3n) is 5.20. The molecular formula is C25H35NO. The largest absolute Gasteiger partial charge is 0.392 e. The zero-order valence-corrected chi connectivity index (χ0v) is 17.7. The Hall–Kier alpha value is -1.93. The minimum absolute atomic E-state index is 0.0144. The van der Waals surface area contributed by atoms with Crippen LogP contribution >= 0.6 is 0 Å². The summed E-state index contributed by atoms with van der Waals surface area (Å²) < 4.78 is 0. The van der Waals surface area contributed by atoms with Crippen molar-refractivity contribution in [1.29, 1.82) is 0 Å². The van der Waals surface area contributed by atoms with Gasteiger partial charge in [0.1, 0.15) is 0 Å². The summed E-state index contributed by atoms with van der Waals surface area (Å²) in [6, 6.07) is 8.38. The van der Waals surface area contributed by atoms with E-state index in [9.17, 15) is 5.11 Å². The molecule has 0 unspecified atom stereocenters. The van der Waals surface area contributed by atoms with Crippen LogP contribution in [0.15, 0.2) is 30.8 Å². The first-order valence-corrected chi connectivity index (χ1v) is 10.3. The fourth-order valence-corrected chi connectivity index (χ4v) is 3.85. The summed E-state index contributed by atoms with van der Waals surface area (Å²) in [4.78, 5) is 5.08. The molecule has 0 saturated heterocycles. The normalized spacial score (nSPS) is 11.4. The van der Waals surface area contributed by atoms with Gasteiger partial charge in [0.05, 0.1) is 6.61 Å². The quantitative estimate of drug-likeness (QED) is 0.492. The summed E-state index contributed by atoms with van der Waals surface area (Å²) >= 11 is 0. The van der Waals surface area contributed by atoms with Gasteiger partial charge >= 0.3 is 0 Å². The van der Waals surface area contributed by atoms with Crippen LogP contribution in [0.3, 0.4) is 0 Å². The number of nitrogens with zero attached hydrogens (tertiary/aromatic N) is 1. The second-order valence-corrected chi connectivity index (χ2v) is 7.93. The van der Waals surface area contributed by atoms with E-state index in [1.807, 2.05) is 12.1 Å². The second-order valence-electron chi connectivity index (χ2n) is 7.93. The fourth-order valence-electron chi connectivity index (χ4n) is 3.85. The van der Waals surface area contributed by atoms with E-state index in [0.717, 1.165) is 35.2 Å². The minimum Gasteiger partial charge on any atom is -0.392 e. The van der Waals surface area contributed by atoms with Crippen molar-refractivity contribution in [2.45, 2.75) is 78.7 Å². The van der Waals surface area contributed by atoms with Crippen molar-refractivity contribution in [2.24, 2.45) is 0 Å². The maximum absolute atomic E-state index is 10.3. The predicted octanol–water partition coefficient (Wildman–Crippen LogP) is 6.86. The van der Waals surface area contributed by atoms with E-state index >= 15 is 0 Å². The van der Waals surface area contributed by atoms with Crippen molar-refractivity contribution < 1.29 is 5.11 Å². The number of benzene rings is 1. The molecule has 0 fully saturated rings. The molecular weight excluding hydrogens is 330 g/mol. The van der Waals surface area contributed by atoms with Crippen molar-refractivity contribution in [2.75, 3.05) is 0 Å². The molecule has 0 atom stereocenters. The maximum atomic E-state index is 10.3. The molecule has 0 spiro atoms. The summed E-state index contributed by atoms with van der Waals surface area (Å²) in [5, 5.41) is 10.3. The molecule has 0 saturated carbocycles. The molecule has 2 aromatic rings. The third kappa shape index (κ3) is 4.68. The SMILES string of the molecule is C=Cc1ccccc1-c1c(CO)c(C(C)C)nc(C(C)C)c1CCCCC. The molecule has 0 aliphatic heterocycles. The number of rotatable bonds is 9. The van der Waals surface area contributed by atoms with Crippen LogP contribution in [0.25, 0.3) is 17.2 Å². The molecule has 27 heavy (non-hydrogen) atoms. The monoisotopic (exact) mass is 365 g/mol. The highest BCUT2D eigenvalue weighted by atomic mass is 16.3. The van der Waals surface area contributed by atoms with Crippen LogP contribution in [-0.4, -0.2) is 10.1 Å². The zero-order valence-electron chi connectivity index (χ0n) is 17.7. The van der Waals surface area contributed by atoms with Gasteiger partial charge < -0.3 is 5.11 Å². The van der Waals surface area contributed by atoms with Crippen LogP contribution in [0, 0.1) is 0 Å². The van der Waals surface area contributed by atoms with E-state index in [2.05, 4.69) is 59.4 Å². The highest BCUT2D eigenvalue weighted by Crippen LogP contribution is 2.39. The number of unbranched alkanes of at least 4 members (excludes halogenated alkanes) is 2. The van der Waals surface area contributed by atoms with Gasteiger partial charge in [-0.1, -0.05) is 84.4 Å². The third-order valence-corrected chi connectivity index (χ3v) is 5.20. The molecule has 2 nitrogen and oxygen atoms in total. The van der Waals surface area contributed by atoms with Gasteiger partial charge in [-0.2, -0.15) is 0 Å². The molecule has 2 rings (SSSR count). The van der Waals surface area contributed by atoms with E-state index in [0.29, 0.717) is 5.92 Å². The Kier molecular flexibility index (Phi) is 7.79. The number of pyridine rings is 1. The van der Waals surface area contributed by atoms with Crippen LogP contribution < -0.4 is 0 Å². The molecule has 146 valence electrons. The smallest absolute Gasteiger partial charge is 0.0705 e. The summed E-state index contributed by atoms with van der Waals surface area (Å²) in [6.45, 7) is 15.0. The highest BCUT2D eigenvalue weighted by Gasteiger charge is 2.23. The van der Waals surface area contributed by atoms with Gasteiger partial charge in [-0.05, 0) is 46.9 Å². The Morgan fingerprint density at radius 3 is 2.19 bits per heavy atom. The minimum atomic E-state index is 0.0144. The van der Waals surface area contributed by atoms with Crippen molar-refractivity contribution in [3.63, 3.8) is 0 Å². The average molecular weight is 366 g/mol. The van der Waals surface area contributed by atoms with E-state index in [-0.39, 0.29) is 12.5 Å². The molecule has 2 heteroatoms. The standard InChI is InChI=1S/C25H35NO/c1-7-9-10-15-21-23(20-14-12-11-13-19(20)8-2)22(16-27)25(18(5)6)26-24(21)17(3)4/h8,11-14,17-18,27H,2,7,9-10,15-16H2,1,3-6H3. The van der Waals surface area contributed by atoms with Crippen molar-refractivity contribution in [3.05, 3.63) is 58.9 Å². The van der Waals surface area contributed by atoms with Gasteiger partial charge in [-0.15, -0.1) is 0 Å². The lowest BCUT2D eigenvalue weighted by Gasteiger charge is -2.25. The van der Waals surface area contributed by atoms with Crippen molar-refractivity contribution in [3.8, 4) is 11.1 Å². The van der Waals surface area contributed by atoms with Crippen molar-refractivity contribution >= 4 is 6.08 Å². The number of aliphatic hydroxyl groups excluding tert-OH is 1. The predicted molar refractivity (Wildman–Crippen MR) is 117 cm³/mol. The first kappa shape index (κ1) is 21.4. The highest BCUT2D eigenvalue weighted by molar-refractivity contribution is 5.80. The Morgan fingerprint density at radius 1 is 1.00 bits per heavy atom. The molecule has 0 aliphatic rings. The van der Waals surface area contributed by atoms with Crippen LogP contribution in [0.5, 0.6) is 0 Å². The van der Waals surface area contributed by atoms with Gasteiger partial charge in [0.2, 0.25) is 0 Å². The van der Waals surface area contributed by atoms with Crippen LogP contribution in [0.2, 0.25) is 0 Å². The van der Waals surface area contributed by atoms with Crippen LogP contribution in [0.1, 0.15) is 93.8 Å². The molecule has 0 radical (unpaired) electrons. The van der Waals surface area contributed by atoms with Crippen molar-refractivity contribution in [1.82, 2.24) is 4.98 Å². The Morgan fingerprint density at radius 2 is 1.63 bits per heavy atom. The lowest BCUT2D eigenvalue weighted by molar-refractivity contribution is 0.279. The molecule has 1 aromatic heterocycles. The topological polar surface area (TPSA) is 33.1 Å². The second kappa shape index (κ2) is 9.85. The fraction of sp³-hybridized carbons (Fsp3) is 0.480. The maximum Gasteiger partial charge on any atom is 0.0705 e. The Bertz CT molecular complexity index is 774. The van der Waals surface area contributed by atoms with Gasteiger partial charge in [-0.3, -0.25) is 4.98 Å². The van der Waals surface area contributed by atoms with E-state index in [4.69, 9.17) is 4.98 Å². The van der Waals surface area contributed by atoms with Gasteiger partial charge in [0, 0.05) is 17.0 Å². The average Bonchev–Trinajstić information content (AvgIpc) is 2.66. The first-order chi connectivity index (χ1) is 13.0. The van der Waals surface area contributed by atoms with E-state index in [1.165, 1.54) is 29.7 Å². The molecule has 0 bridgehead atoms. The molecule has 1 N–H and O–H groups in total. The summed E-state index contributed by atoms with van der Waals surface area (Å²) in [5.41, 5.74) is 7.95. The molecule has 1 aromatic carbocycles. The first-order valence-electron chi connectivity index (χ1n) is 10.3. The molecule has 0 amide bonds. The number of aromatic nitrogens is 1. The van der Waals surface area contributed by atoms with Crippen LogP contribution in [-0.2, 0) is 13.0 Å². The van der Waals surface area contributed by atoms with Gasteiger partial charge in [-0.25, -0.2) is 0 Å². The summed E-state index contributed by atoms with van der Waals surface area (Å²) in [5.74, 6) is 0.616. The van der Waals surface area contributed by atoms with Gasteiger partial charge in [0.15, 0.2) is 0 Å². The number of aliphatic hydroxyl groups is 1. The number of hydrogen-bond donors (Lipinski definition) is 1. The van der Waals surface area contributed by atoms with E-state index in [1.54, 1.807) is 0 Å². The van der Waals surface area contributed by atoms with E-state index < -0.39 is 0 Å². The van der Waals surface area contributed by atoms with Gasteiger partial charge in [0.25, 0.3) is 0 Å². The molecule has 0 aliphatic carbocycles. The summed E-state index contributed by atoms with van der Waals surface area (Å²) in [6.07, 6.45) is 6.46. The zero-order chi connectivity index (χ0) is 20.0. The molecule has 1 heterocycles. The Balaban J connectivity index is 2.87. The number of hydrogen-bond acceptors (Lipinski definition) is 2. The summed E-state index contributed by atoms with van der Waals surface area (Å²) in [7, 11) is 0. The van der Waals surface area contributed by atoms with Crippen LogP contribution in [0.4, 0.5) is 0 Å². The Labute approximate surface area is 165 Å². The lowest BCUT2D eigenvalue weighted by Crippen LogP contribution is -2.13.